The second-order valence-corrected chi connectivity index (χ2v) is 7.82. The number of aromatic nitrogens is 5. The Morgan fingerprint density at radius 1 is 1.15 bits per heavy atom. The molecule has 0 amide bonds. The lowest BCUT2D eigenvalue weighted by Gasteiger charge is -2.08. The van der Waals surface area contributed by atoms with E-state index in [9.17, 15) is 12.8 Å². The Hall–Kier alpha value is -2.59. The van der Waals surface area contributed by atoms with Gasteiger partial charge in [0.1, 0.15) is 23.0 Å². The molecule has 0 saturated carbocycles. The molecule has 0 bridgehead atoms. The van der Waals surface area contributed by atoms with E-state index < -0.39 is 15.8 Å². The summed E-state index contributed by atoms with van der Waals surface area (Å²) in [5.41, 5.74) is 1.36. The van der Waals surface area contributed by atoms with Gasteiger partial charge in [0, 0.05) is 11.7 Å². The molecule has 2 N–H and O–H groups in total. The highest BCUT2D eigenvalue weighted by Gasteiger charge is 2.20. The van der Waals surface area contributed by atoms with Gasteiger partial charge in [-0.1, -0.05) is 0 Å². The fourth-order valence-corrected chi connectivity index (χ4v) is 3.23. The molecule has 3 rings (SSSR count). The number of rotatable bonds is 4. The van der Waals surface area contributed by atoms with Crippen LogP contribution in [0.4, 0.5) is 4.39 Å². The zero-order chi connectivity index (χ0) is 19.2. The number of nitrogens with two attached hydrogens (primary N) is 1. The summed E-state index contributed by atoms with van der Waals surface area (Å²) in [4.78, 5) is 4.12. The van der Waals surface area contributed by atoms with Gasteiger partial charge in [-0.05, 0) is 52.0 Å². The molecule has 0 aliphatic carbocycles. The first kappa shape index (κ1) is 18.2. The van der Waals surface area contributed by atoms with Gasteiger partial charge in [-0.15, -0.1) is 0 Å². The maximum Gasteiger partial charge on any atom is 0.238 e. The number of halogens is 1. The topological polar surface area (TPSA) is 109 Å². The van der Waals surface area contributed by atoms with Crippen LogP contribution in [0.3, 0.4) is 0 Å². The minimum Gasteiger partial charge on any atom is -0.267 e. The average Bonchev–Trinajstić information content (AvgIpc) is 3.09. The predicted molar refractivity (Wildman–Crippen MR) is 93.8 cm³/mol. The molecule has 8 nitrogen and oxygen atoms in total. The second-order valence-electron chi connectivity index (χ2n) is 6.26. The van der Waals surface area contributed by atoms with Crippen molar-refractivity contribution in [3.8, 4) is 17.2 Å². The standard InChI is InChI=1S/C16H19FN6O2S/c1-9(2)22-10(3)7-14(21-22)16-19-11(4)20-23(16)15-8-12(26(18,24)25)5-6-13(15)17/h5-9H,1-4H3,(H2,18,24,25). The molecule has 0 fully saturated rings. The molecule has 0 unspecified atom stereocenters. The van der Waals surface area contributed by atoms with Crippen LogP contribution in [-0.4, -0.2) is 33.0 Å². The molecular formula is C16H19FN6O2S. The van der Waals surface area contributed by atoms with Gasteiger partial charge in [0.15, 0.2) is 5.82 Å². The summed E-state index contributed by atoms with van der Waals surface area (Å²) >= 11 is 0. The van der Waals surface area contributed by atoms with E-state index >= 15 is 0 Å². The van der Waals surface area contributed by atoms with Crippen molar-refractivity contribution in [3.63, 3.8) is 0 Å². The number of sulfonamides is 1. The van der Waals surface area contributed by atoms with Crippen LogP contribution in [0.2, 0.25) is 0 Å². The average molecular weight is 378 g/mol. The van der Waals surface area contributed by atoms with Crippen molar-refractivity contribution >= 4 is 10.0 Å². The molecule has 1 aromatic carbocycles. The lowest BCUT2D eigenvalue weighted by molar-refractivity contribution is 0.520. The minimum atomic E-state index is -3.98. The van der Waals surface area contributed by atoms with E-state index in [0.29, 0.717) is 17.3 Å². The quantitative estimate of drug-likeness (QED) is 0.748. The zero-order valence-corrected chi connectivity index (χ0v) is 15.6. The van der Waals surface area contributed by atoms with Crippen molar-refractivity contribution in [1.29, 1.82) is 0 Å². The summed E-state index contributed by atoms with van der Waals surface area (Å²) in [5, 5.41) is 13.9. The molecule has 0 atom stereocenters. The fraction of sp³-hybridized carbons (Fsp3) is 0.312. The van der Waals surface area contributed by atoms with Gasteiger partial charge < -0.3 is 0 Å². The van der Waals surface area contributed by atoms with Crippen LogP contribution in [0.25, 0.3) is 17.2 Å². The molecule has 0 saturated heterocycles. The highest BCUT2D eigenvalue weighted by molar-refractivity contribution is 7.89. The Labute approximate surface area is 150 Å². The molecule has 26 heavy (non-hydrogen) atoms. The summed E-state index contributed by atoms with van der Waals surface area (Å²) in [6, 6.07) is 5.24. The largest absolute Gasteiger partial charge is 0.267 e. The summed E-state index contributed by atoms with van der Waals surface area (Å²) in [7, 11) is -3.98. The monoisotopic (exact) mass is 378 g/mol. The third kappa shape index (κ3) is 3.25. The highest BCUT2D eigenvalue weighted by atomic mass is 32.2. The molecule has 0 aliphatic rings. The maximum absolute atomic E-state index is 14.4. The van der Waals surface area contributed by atoms with Crippen LogP contribution in [0.15, 0.2) is 29.2 Å². The number of primary sulfonamides is 1. The number of hydrogen-bond acceptors (Lipinski definition) is 5. The van der Waals surface area contributed by atoms with Crippen molar-refractivity contribution in [2.45, 2.75) is 38.6 Å². The van der Waals surface area contributed by atoms with Gasteiger partial charge in [-0.3, -0.25) is 4.68 Å². The first-order valence-electron chi connectivity index (χ1n) is 7.91. The number of hydrogen-bond donors (Lipinski definition) is 1. The van der Waals surface area contributed by atoms with Crippen molar-refractivity contribution in [3.05, 3.63) is 41.6 Å². The van der Waals surface area contributed by atoms with E-state index in [0.717, 1.165) is 23.9 Å². The maximum atomic E-state index is 14.4. The van der Waals surface area contributed by atoms with Gasteiger partial charge in [0.05, 0.1) is 4.90 Å². The van der Waals surface area contributed by atoms with Gasteiger partial charge in [-0.2, -0.15) is 10.2 Å². The van der Waals surface area contributed by atoms with Crippen molar-refractivity contribution in [2.24, 2.45) is 5.14 Å². The van der Waals surface area contributed by atoms with E-state index in [2.05, 4.69) is 15.2 Å². The Kier molecular flexibility index (Phi) is 4.41. The van der Waals surface area contributed by atoms with E-state index in [1.54, 1.807) is 6.92 Å². The molecular weight excluding hydrogens is 359 g/mol. The van der Waals surface area contributed by atoms with Crippen molar-refractivity contribution in [1.82, 2.24) is 24.5 Å². The van der Waals surface area contributed by atoms with Crippen LogP contribution in [0.1, 0.15) is 31.4 Å². The molecule has 2 heterocycles. The van der Waals surface area contributed by atoms with E-state index in [4.69, 9.17) is 5.14 Å². The van der Waals surface area contributed by atoms with Gasteiger partial charge in [-0.25, -0.2) is 27.6 Å². The Balaban J connectivity index is 2.22. The summed E-state index contributed by atoms with van der Waals surface area (Å²) in [5.74, 6) is 0.0659. The normalized spacial score (nSPS) is 12.1. The molecule has 2 aromatic heterocycles. The lowest BCUT2D eigenvalue weighted by Crippen LogP contribution is -2.13. The summed E-state index contributed by atoms with van der Waals surface area (Å²) in [6.07, 6.45) is 0. The lowest BCUT2D eigenvalue weighted by atomic mass is 10.3. The van der Waals surface area contributed by atoms with Gasteiger partial charge >= 0.3 is 0 Å². The number of aryl methyl sites for hydroxylation is 2. The van der Waals surface area contributed by atoms with Crippen LogP contribution in [0, 0.1) is 19.7 Å². The number of nitrogens with zero attached hydrogens (tertiary/aromatic N) is 5. The summed E-state index contributed by atoms with van der Waals surface area (Å²) < 4.78 is 40.7. The zero-order valence-electron chi connectivity index (χ0n) is 14.8. The van der Waals surface area contributed by atoms with Crippen molar-refractivity contribution < 1.29 is 12.8 Å². The van der Waals surface area contributed by atoms with Crippen LogP contribution in [0.5, 0.6) is 0 Å². The summed E-state index contributed by atoms with van der Waals surface area (Å²) in [6.45, 7) is 7.56. The van der Waals surface area contributed by atoms with Gasteiger partial charge in [0.2, 0.25) is 10.0 Å². The van der Waals surface area contributed by atoms with Crippen LogP contribution >= 0.6 is 0 Å². The van der Waals surface area contributed by atoms with E-state index in [-0.39, 0.29) is 16.6 Å². The van der Waals surface area contributed by atoms with E-state index in [1.165, 1.54) is 4.68 Å². The molecule has 0 radical (unpaired) electrons. The second kappa shape index (κ2) is 6.29. The molecule has 0 spiro atoms. The molecule has 138 valence electrons. The third-order valence-corrected chi connectivity index (χ3v) is 4.74. The Morgan fingerprint density at radius 3 is 2.42 bits per heavy atom. The molecule has 0 aliphatic heterocycles. The third-order valence-electron chi connectivity index (χ3n) is 3.83. The molecule has 10 heteroatoms. The molecule has 3 aromatic rings. The Morgan fingerprint density at radius 2 is 1.85 bits per heavy atom. The first-order chi connectivity index (χ1) is 12.1. The van der Waals surface area contributed by atoms with Crippen LogP contribution < -0.4 is 5.14 Å². The Bertz CT molecular complexity index is 1080. The van der Waals surface area contributed by atoms with Gasteiger partial charge in [0.25, 0.3) is 0 Å². The smallest absolute Gasteiger partial charge is 0.238 e. The first-order valence-corrected chi connectivity index (χ1v) is 9.45. The minimum absolute atomic E-state index is 0.0659. The highest BCUT2D eigenvalue weighted by Crippen LogP contribution is 2.25. The SMILES string of the molecule is Cc1nc(-c2cc(C)n(C(C)C)n2)n(-c2cc(S(N)(=O)=O)ccc2F)n1. The predicted octanol–water partition coefficient (Wildman–Crippen LogP) is 2.12. The van der Waals surface area contributed by atoms with E-state index in [1.807, 2.05) is 31.5 Å². The van der Waals surface area contributed by atoms with Crippen molar-refractivity contribution in [2.75, 3.05) is 0 Å². The number of benzene rings is 1. The van der Waals surface area contributed by atoms with Crippen LogP contribution in [-0.2, 0) is 10.0 Å². The fourth-order valence-electron chi connectivity index (χ4n) is 2.70.